The predicted molar refractivity (Wildman–Crippen MR) is 129 cm³/mol. The maximum atomic E-state index is 12.8. The maximum Gasteiger partial charge on any atom is 0.262 e. The van der Waals surface area contributed by atoms with Crippen LogP contribution in [0.1, 0.15) is 38.2 Å². The van der Waals surface area contributed by atoms with E-state index < -0.39 is 0 Å². The van der Waals surface area contributed by atoms with E-state index in [1.807, 2.05) is 22.8 Å². The van der Waals surface area contributed by atoms with E-state index in [0.29, 0.717) is 28.9 Å². The van der Waals surface area contributed by atoms with Crippen molar-refractivity contribution in [3.63, 3.8) is 0 Å². The van der Waals surface area contributed by atoms with Gasteiger partial charge in [-0.25, -0.2) is 0 Å². The van der Waals surface area contributed by atoms with Crippen LogP contribution in [0.25, 0.3) is 10.9 Å². The average Bonchev–Trinajstić information content (AvgIpc) is 3.63. The molecule has 1 N–H and O–H groups in total. The maximum absolute atomic E-state index is 12.8. The Balaban J connectivity index is 1.53. The van der Waals surface area contributed by atoms with E-state index >= 15 is 0 Å². The molecule has 0 radical (unpaired) electrons. The normalized spacial score (nSPS) is 13.2. The third-order valence-electron chi connectivity index (χ3n) is 5.91. The van der Waals surface area contributed by atoms with Gasteiger partial charge in [-0.2, -0.15) is 0 Å². The van der Waals surface area contributed by atoms with Crippen LogP contribution < -0.4 is 25.1 Å². The molecule has 0 aliphatic heterocycles. The van der Waals surface area contributed by atoms with Gasteiger partial charge in [0.25, 0.3) is 11.5 Å². The van der Waals surface area contributed by atoms with Gasteiger partial charge in [0.2, 0.25) is 0 Å². The van der Waals surface area contributed by atoms with Crippen molar-refractivity contribution in [2.75, 3.05) is 26.1 Å². The summed E-state index contributed by atoms with van der Waals surface area (Å²) in [5, 5.41) is 3.85. The summed E-state index contributed by atoms with van der Waals surface area (Å²) in [4.78, 5) is 25.3. The van der Waals surface area contributed by atoms with E-state index in [-0.39, 0.29) is 24.0 Å². The summed E-state index contributed by atoms with van der Waals surface area (Å²) in [5.41, 5.74) is 2.48. The minimum atomic E-state index is -0.298. The first-order chi connectivity index (χ1) is 15.9. The number of rotatable bonds is 9. The summed E-state index contributed by atoms with van der Waals surface area (Å²) in [7, 11) is 3.10. The van der Waals surface area contributed by atoms with Crippen molar-refractivity contribution in [2.45, 2.75) is 39.2 Å². The quantitative estimate of drug-likeness (QED) is 0.517. The highest BCUT2D eigenvalue weighted by atomic mass is 16.5. The van der Waals surface area contributed by atoms with E-state index in [1.165, 1.54) is 0 Å². The zero-order valence-electron chi connectivity index (χ0n) is 19.5. The number of fused-ring (bicyclic) bond motifs is 1. The third kappa shape index (κ3) is 5.13. The average molecular weight is 451 g/mol. The lowest BCUT2D eigenvalue weighted by Gasteiger charge is -2.17. The van der Waals surface area contributed by atoms with E-state index in [9.17, 15) is 9.59 Å². The van der Waals surface area contributed by atoms with Crippen LogP contribution in [-0.2, 0) is 11.3 Å². The van der Waals surface area contributed by atoms with Crippen LogP contribution in [0.4, 0.5) is 5.69 Å². The number of anilines is 1. The third-order valence-corrected chi connectivity index (χ3v) is 5.91. The molecule has 33 heavy (non-hydrogen) atoms. The molecule has 3 aromatic rings. The second kappa shape index (κ2) is 9.57. The molecule has 1 heterocycles. The minimum absolute atomic E-state index is 0.0152. The fourth-order valence-electron chi connectivity index (χ4n) is 3.96. The van der Waals surface area contributed by atoms with Gasteiger partial charge in [-0.3, -0.25) is 9.59 Å². The van der Waals surface area contributed by atoms with Gasteiger partial charge in [0.05, 0.1) is 19.7 Å². The molecular weight excluding hydrogens is 420 g/mol. The molecule has 174 valence electrons. The molecule has 0 bridgehead atoms. The summed E-state index contributed by atoms with van der Waals surface area (Å²) in [5.74, 6) is 2.16. The number of hydrogen-bond donors (Lipinski definition) is 1. The molecular formula is C26H30N2O5. The van der Waals surface area contributed by atoms with Crippen LogP contribution >= 0.6 is 0 Å². The largest absolute Gasteiger partial charge is 0.493 e. The highest BCUT2D eigenvalue weighted by molar-refractivity contribution is 5.92. The zero-order chi connectivity index (χ0) is 23.5. The molecule has 1 aliphatic rings. The lowest BCUT2D eigenvalue weighted by molar-refractivity contribution is -0.118. The van der Waals surface area contributed by atoms with Crippen LogP contribution in [0.15, 0.2) is 47.3 Å². The lowest BCUT2D eigenvalue weighted by Crippen LogP contribution is -2.22. The molecule has 2 aromatic carbocycles. The van der Waals surface area contributed by atoms with Crippen molar-refractivity contribution in [2.24, 2.45) is 5.92 Å². The van der Waals surface area contributed by atoms with Crippen molar-refractivity contribution < 1.29 is 19.0 Å². The Morgan fingerprint density at radius 1 is 1.06 bits per heavy atom. The Bertz CT molecular complexity index is 1230. The first-order valence-electron chi connectivity index (χ1n) is 11.2. The van der Waals surface area contributed by atoms with Crippen molar-refractivity contribution in [3.8, 4) is 17.2 Å². The number of nitrogens with one attached hydrogen (secondary N) is 1. The van der Waals surface area contributed by atoms with Crippen molar-refractivity contribution in [1.29, 1.82) is 0 Å². The van der Waals surface area contributed by atoms with Crippen molar-refractivity contribution >= 4 is 22.5 Å². The van der Waals surface area contributed by atoms with Crippen LogP contribution in [-0.4, -0.2) is 31.3 Å². The first-order valence-corrected chi connectivity index (χ1v) is 11.2. The number of carbonyl (C=O) groups excluding carboxylic acids is 1. The molecule has 7 nitrogen and oxygen atoms in total. The number of methoxy groups -OCH3 is 2. The van der Waals surface area contributed by atoms with E-state index in [2.05, 4.69) is 19.2 Å². The Morgan fingerprint density at radius 2 is 1.82 bits per heavy atom. The number of aromatic nitrogens is 1. The molecule has 0 unspecified atom stereocenters. The van der Waals surface area contributed by atoms with Gasteiger partial charge in [-0.05, 0) is 54.5 Å². The van der Waals surface area contributed by atoms with E-state index in [0.717, 1.165) is 35.9 Å². The predicted octanol–water partition coefficient (Wildman–Crippen LogP) is 4.57. The minimum Gasteiger partial charge on any atom is -0.493 e. The molecule has 0 saturated heterocycles. The fraction of sp³-hybridized carbons (Fsp3) is 0.385. The fourth-order valence-corrected chi connectivity index (χ4v) is 3.96. The van der Waals surface area contributed by atoms with Gasteiger partial charge in [0.15, 0.2) is 18.1 Å². The summed E-state index contributed by atoms with van der Waals surface area (Å²) in [6.07, 6.45) is 2.32. The molecule has 1 aromatic heterocycles. The highest BCUT2D eigenvalue weighted by Gasteiger charge is 2.24. The first kappa shape index (κ1) is 22.7. The number of benzene rings is 2. The van der Waals surface area contributed by atoms with Crippen LogP contribution in [0.3, 0.4) is 0 Å². The highest BCUT2D eigenvalue weighted by Crippen LogP contribution is 2.33. The number of hydrogen-bond acceptors (Lipinski definition) is 5. The Morgan fingerprint density at radius 3 is 2.48 bits per heavy atom. The van der Waals surface area contributed by atoms with Gasteiger partial charge in [0.1, 0.15) is 5.75 Å². The van der Waals surface area contributed by atoms with E-state index in [1.54, 1.807) is 38.5 Å². The summed E-state index contributed by atoms with van der Waals surface area (Å²) in [6, 6.07) is 12.6. The zero-order valence-corrected chi connectivity index (χ0v) is 19.5. The number of ether oxygens (including phenoxy) is 3. The van der Waals surface area contributed by atoms with Crippen molar-refractivity contribution in [3.05, 3.63) is 58.4 Å². The van der Waals surface area contributed by atoms with Crippen molar-refractivity contribution in [1.82, 2.24) is 4.57 Å². The number of carbonyl (C=O) groups is 1. The molecule has 1 amide bonds. The summed E-state index contributed by atoms with van der Waals surface area (Å²) < 4.78 is 18.1. The smallest absolute Gasteiger partial charge is 0.262 e. The van der Waals surface area contributed by atoms with Gasteiger partial charge >= 0.3 is 0 Å². The standard InChI is InChI=1S/C26H30N2O5/c1-16(2)21-13-26(30)28(14-17-5-6-17)22-12-19(8-9-20(21)22)33-15-25(29)27-18-7-10-23(31-3)24(11-18)32-4/h7-13,16-17H,5-6,14-15H2,1-4H3,(H,27,29). The Labute approximate surface area is 193 Å². The number of pyridine rings is 1. The van der Waals surface area contributed by atoms with Crippen LogP contribution in [0, 0.1) is 5.92 Å². The molecule has 7 heteroatoms. The molecule has 0 spiro atoms. The van der Waals surface area contributed by atoms with Gasteiger partial charge in [0, 0.05) is 35.8 Å². The van der Waals surface area contributed by atoms with E-state index in [4.69, 9.17) is 14.2 Å². The Hall–Kier alpha value is -3.48. The number of nitrogens with zero attached hydrogens (tertiary/aromatic N) is 1. The lowest BCUT2D eigenvalue weighted by atomic mass is 9.98. The summed E-state index contributed by atoms with van der Waals surface area (Å²) >= 11 is 0. The monoisotopic (exact) mass is 450 g/mol. The SMILES string of the molecule is COc1ccc(NC(=O)COc2ccc3c(C(C)C)cc(=O)n(CC4CC4)c3c2)cc1OC. The second-order valence-electron chi connectivity index (χ2n) is 8.73. The van der Waals surface area contributed by atoms with Crippen LogP contribution in [0.5, 0.6) is 17.2 Å². The topological polar surface area (TPSA) is 78.8 Å². The van der Waals surface area contributed by atoms with Crippen LogP contribution in [0.2, 0.25) is 0 Å². The Kier molecular flexibility index (Phi) is 6.58. The van der Waals surface area contributed by atoms with Gasteiger partial charge in [-0.1, -0.05) is 13.8 Å². The molecule has 1 aliphatic carbocycles. The molecule has 4 rings (SSSR count). The molecule has 1 fully saturated rings. The summed E-state index contributed by atoms with van der Waals surface area (Å²) in [6.45, 7) is 4.73. The molecule has 0 atom stereocenters. The second-order valence-corrected chi connectivity index (χ2v) is 8.73. The van der Waals surface area contributed by atoms with Gasteiger partial charge < -0.3 is 24.1 Å². The molecule has 1 saturated carbocycles. The number of amides is 1. The van der Waals surface area contributed by atoms with Gasteiger partial charge in [-0.15, -0.1) is 0 Å².